The van der Waals surface area contributed by atoms with E-state index in [2.05, 4.69) is 26.0 Å². The highest BCUT2D eigenvalue weighted by Gasteiger charge is 2.06. The van der Waals surface area contributed by atoms with Gasteiger partial charge in [-0.2, -0.15) is 0 Å². The molecule has 4 nitrogen and oxygen atoms in total. The summed E-state index contributed by atoms with van der Waals surface area (Å²) in [5.74, 6) is -0.460. The molecule has 0 bridgehead atoms. The highest BCUT2D eigenvalue weighted by molar-refractivity contribution is 9.10. The van der Waals surface area contributed by atoms with Crippen LogP contribution in [0.2, 0.25) is 0 Å². The molecule has 1 N–H and O–H groups in total. The van der Waals surface area contributed by atoms with E-state index >= 15 is 0 Å². The smallest absolute Gasteiger partial charge is 0.337 e. The third kappa shape index (κ3) is 4.70. The molecule has 0 aliphatic carbocycles. The Morgan fingerprint density at radius 2 is 1.86 bits per heavy atom. The van der Waals surface area contributed by atoms with E-state index in [0.29, 0.717) is 24.1 Å². The van der Waals surface area contributed by atoms with Crippen molar-refractivity contribution in [1.82, 2.24) is 0 Å². The van der Waals surface area contributed by atoms with Crippen molar-refractivity contribution in [3.8, 4) is 0 Å². The van der Waals surface area contributed by atoms with Crippen LogP contribution in [0, 0.1) is 0 Å². The molecule has 5 heteroatoms. The Balaban J connectivity index is 1.88. The van der Waals surface area contributed by atoms with Crippen molar-refractivity contribution < 1.29 is 14.3 Å². The Hall–Kier alpha value is -2.14. The summed E-state index contributed by atoms with van der Waals surface area (Å²) in [6, 6.07) is 14.5. The van der Waals surface area contributed by atoms with Gasteiger partial charge in [-0.05, 0) is 48.4 Å². The zero-order valence-corrected chi connectivity index (χ0v) is 13.7. The Morgan fingerprint density at radius 3 is 2.50 bits per heavy atom. The number of aryl methyl sites for hydroxylation is 1. The van der Waals surface area contributed by atoms with Gasteiger partial charge in [-0.1, -0.05) is 28.1 Å². The number of nitrogens with one attached hydrogen (secondary N) is 1. The molecule has 0 radical (unpaired) electrons. The minimum atomic E-state index is -0.396. The number of anilines is 1. The van der Waals surface area contributed by atoms with Crippen molar-refractivity contribution in [3.05, 3.63) is 64.1 Å². The van der Waals surface area contributed by atoms with Crippen molar-refractivity contribution in [2.75, 3.05) is 12.4 Å². The van der Waals surface area contributed by atoms with Gasteiger partial charge in [-0.3, -0.25) is 4.79 Å². The molecule has 2 rings (SSSR count). The lowest BCUT2D eigenvalue weighted by Crippen LogP contribution is -2.12. The summed E-state index contributed by atoms with van der Waals surface area (Å²) in [6.07, 6.45) is 1.07. The number of ether oxygens (including phenoxy) is 1. The van der Waals surface area contributed by atoms with Crippen molar-refractivity contribution >= 4 is 33.5 Å². The second-order valence-corrected chi connectivity index (χ2v) is 5.66. The molecule has 0 aromatic heterocycles. The van der Waals surface area contributed by atoms with Crippen molar-refractivity contribution in [2.24, 2.45) is 0 Å². The topological polar surface area (TPSA) is 55.4 Å². The molecular weight excluding hydrogens is 346 g/mol. The summed E-state index contributed by atoms with van der Waals surface area (Å²) < 4.78 is 5.63. The van der Waals surface area contributed by atoms with Crippen LogP contribution in [-0.2, 0) is 16.0 Å². The molecule has 0 saturated heterocycles. The molecule has 0 heterocycles. The number of benzene rings is 2. The summed E-state index contributed by atoms with van der Waals surface area (Å²) >= 11 is 3.41. The highest BCUT2D eigenvalue weighted by Crippen LogP contribution is 2.14. The lowest BCUT2D eigenvalue weighted by atomic mass is 10.1. The zero-order valence-electron chi connectivity index (χ0n) is 12.1. The maximum absolute atomic E-state index is 11.9. The number of hydrogen-bond acceptors (Lipinski definition) is 3. The standard InChI is InChI=1S/C17H16BrNO3/c1-22-17(21)13-6-8-15(9-7-13)19-16(20)10-5-12-3-2-4-14(18)11-12/h2-4,6-9,11H,5,10H2,1H3,(H,19,20). The van der Waals surface area contributed by atoms with E-state index in [9.17, 15) is 9.59 Å². The van der Waals surface area contributed by atoms with Gasteiger partial charge in [0.2, 0.25) is 5.91 Å². The van der Waals surface area contributed by atoms with Gasteiger partial charge in [0.25, 0.3) is 0 Å². The molecule has 0 aliphatic rings. The van der Waals surface area contributed by atoms with Crippen LogP contribution in [0.15, 0.2) is 53.0 Å². The lowest BCUT2D eigenvalue weighted by Gasteiger charge is -2.06. The molecule has 0 fully saturated rings. The Kier molecular flexibility index (Phi) is 5.72. The average Bonchev–Trinajstić information content (AvgIpc) is 2.53. The molecule has 1 amide bonds. The number of amides is 1. The molecule has 0 aliphatic heterocycles. The summed E-state index contributed by atoms with van der Waals surface area (Å²) in [5, 5.41) is 2.81. The number of halogens is 1. The number of rotatable bonds is 5. The first-order valence-electron chi connectivity index (χ1n) is 6.81. The predicted molar refractivity (Wildman–Crippen MR) is 88.9 cm³/mol. The normalized spacial score (nSPS) is 10.1. The number of carbonyl (C=O) groups is 2. The molecule has 0 atom stereocenters. The summed E-state index contributed by atoms with van der Waals surface area (Å²) in [5.41, 5.74) is 2.21. The van der Waals surface area contributed by atoms with Gasteiger partial charge < -0.3 is 10.1 Å². The van der Waals surface area contributed by atoms with Gasteiger partial charge in [0.1, 0.15) is 0 Å². The SMILES string of the molecule is COC(=O)c1ccc(NC(=O)CCc2cccc(Br)c2)cc1. The summed E-state index contributed by atoms with van der Waals surface area (Å²) in [6.45, 7) is 0. The first kappa shape index (κ1) is 16.2. The Bertz CT molecular complexity index is 668. The highest BCUT2D eigenvalue weighted by atomic mass is 79.9. The van der Waals surface area contributed by atoms with Gasteiger partial charge in [0.05, 0.1) is 12.7 Å². The maximum atomic E-state index is 11.9. The summed E-state index contributed by atoms with van der Waals surface area (Å²) in [7, 11) is 1.33. The van der Waals surface area contributed by atoms with Crippen molar-refractivity contribution in [1.29, 1.82) is 0 Å². The maximum Gasteiger partial charge on any atom is 0.337 e. The van der Waals surface area contributed by atoms with Crippen LogP contribution >= 0.6 is 15.9 Å². The third-order valence-electron chi connectivity index (χ3n) is 3.12. The van der Waals surface area contributed by atoms with Crippen LogP contribution in [0.4, 0.5) is 5.69 Å². The van der Waals surface area contributed by atoms with Crippen molar-refractivity contribution in [2.45, 2.75) is 12.8 Å². The first-order valence-corrected chi connectivity index (χ1v) is 7.60. The minimum absolute atomic E-state index is 0.0641. The Morgan fingerprint density at radius 1 is 1.14 bits per heavy atom. The molecule has 114 valence electrons. The molecule has 0 unspecified atom stereocenters. The van der Waals surface area contributed by atoms with Gasteiger partial charge >= 0.3 is 5.97 Å². The fraction of sp³-hybridized carbons (Fsp3) is 0.176. The van der Waals surface area contributed by atoms with E-state index in [-0.39, 0.29) is 5.91 Å². The van der Waals surface area contributed by atoms with Crippen LogP contribution in [0.5, 0.6) is 0 Å². The van der Waals surface area contributed by atoms with E-state index in [1.54, 1.807) is 24.3 Å². The van der Waals surface area contributed by atoms with E-state index in [1.807, 2.05) is 24.3 Å². The number of methoxy groups -OCH3 is 1. The average molecular weight is 362 g/mol. The first-order chi connectivity index (χ1) is 10.6. The van der Waals surface area contributed by atoms with E-state index in [1.165, 1.54) is 7.11 Å². The van der Waals surface area contributed by atoms with Gasteiger partial charge in [-0.25, -0.2) is 4.79 Å². The minimum Gasteiger partial charge on any atom is -0.465 e. The van der Waals surface area contributed by atoms with Crippen LogP contribution in [0.25, 0.3) is 0 Å². The predicted octanol–water partition coefficient (Wildman–Crippen LogP) is 3.81. The van der Waals surface area contributed by atoms with Crippen LogP contribution in [-0.4, -0.2) is 19.0 Å². The Labute approximate surface area is 137 Å². The van der Waals surface area contributed by atoms with Gasteiger partial charge in [0, 0.05) is 16.6 Å². The molecule has 22 heavy (non-hydrogen) atoms. The molecule has 2 aromatic carbocycles. The second-order valence-electron chi connectivity index (χ2n) is 4.75. The van der Waals surface area contributed by atoms with Crippen molar-refractivity contribution in [3.63, 3.8) is 0 Å². The molecule has 0 saturated carbocycles. The monoisotopic (exact) mass is 361 g/mol. The number of esters is 1. The largest absolute Gasteiger partial charge is 0.465 e. The number of carbonyl (C=O) groups excluding carboxylic acids is 2. The fourth-order valence-corrected chi connectivity index (χ4v) is 2.43. The van der Waals surface area contributed by atoms with Crippen LogP contribution in [0.1, 0.15) is 22.3 Å². The third-order valence-corrected chi connectivity index (χ3v) is 3.61. The van der Waals surface area contributed by atoms with E-state index in [4.69, 9.17) is 0 Å². The van der Waals surface area contributed by atoms with Gasteiger partial charge in [-0.15, -0.1) is 0 Å². The fourth-order valence-electron chi connectivity index (χ4n) is 1.98. The molecule has 0 spiro atoms. The van der Waals surface area contributed by atoms with Gasteiger partial charge in [0.15, 0.2) is 0 Å². The van der Waals surface area contributed by atoms with E-state index in [0.717, 1.165) is 10.0 Å². The van der Waals surface area contributed by atoms with Crippen LogP contribution in [0.3, 0.4) is 0 Å². The summed E-state index contributed by atoms with van der Waals surface area (Å²) in [4.78, 5) is 23.3. The zero-order chi connectivity index (χ0) is 15.9. The molecule has 2 aromatic rings. The molecular formula is C17H16BrNO3. The second kappa shape index (κ2) is 7.75. The van der Waals surface area contributed by atoms with Crippen LogP contribution < -0.4 is 5.32 Å². The van der Waals surface area contributed by atoms with E-state index < -0.39 is 5.97 Å². The lowest BCUT2D eigenvalue weighted by molar-refractivity contribution is -0.116. The number of hydrogen-bond donors (Lipinski definition) is 1. The quantitative estimate of drug-likeness (QED) is 0.823.